The number of carbonyl (C=O) groups is 1. The number of Topliss-reactive ketones (excluding diaryl/α,β-unsaturated/α-hetero) is 1. The maximum atomic E-state index is 12.7. The molecule has 0 amide bonds. The summed E-state index contributed by atoms with van der Waals surface area (Å²) < 4.78 is 3.05. The van der Waals surface area contributed by atoms with E-state index in [-0.39, 0.29) is 17.2 Å². The second kappa shape index (κ2) is 6.66. The summed E-state index contributed by atoms with van der Waals surface area (Å²) in [7, 11) is 0. The topological polar surface area (TPSA) is 82.7 Å². The number of fused-ring (bicyclic) bond motifs is 1. The van der Waals surface area contributed by atoms with E-state index < -0.39 is 6.04 Å². The van der Waals surface area contributed by atoms with Gasteiger partial charge in [-0.25, -0.2) is 0 Å². The highest BCUT2D eigenvalue weighted by atomic mass is 35.5. The Morgan fingerprint density at radius 2 is 2.12 bits per heavy atom. The summed E-state index contributed by atoms with van der Waals surface area (Å²) >= 11 is 11.8. The lowest BCUT2D eigenvalue weighted by Crippen LogP contribution is -2.28. The van der Waals surface area contributed by atoms with Gasteiger partial charge in [-0.3, -0.25) is 9.59 Å². The molecule has 132 valence electrons. The molecular weight excluding hydrogens is 377 g/mol. The van der Waals surface area contributed by atoms with Gasteiger partial charge in [-0.1, -0.05) is 11.6 Å². The van der Waals surface area contributed by atoms with Gasteiger partial charge < -0.3 is 4.57 Å². The molecule has 26 heavy (non-hydrogen) atoms. The van der Waals surface area contributed by atoms with Crippen LogP contribution in [0.4, 0.5) is 0 Å². The Labute approximate surface area is 158 Å². The van der Waals surface area contributed by atoms with Gasteiger partial charge in [0.05, 0.1) is 17.6 Å². The molecule has 0 unspecified atom stereocenters. The number of rotatable bonds is 4. The highest BCUT2D eigenvalue weighted by Crippen LogP contribution is 2.32. The number of ketones is 1. The predicted molar refractivity (Wildman–Crippen MR) is 96.9 cm³/mol. The van der Waals surface area contributed by atoms with Crippen LogP contribution in [0.3, 0.4) is 0 Å². The van der Waals surface area contributed by atoms with E-state index in [9.17, 15) is 9.59 Å². The number of aromatic nitrogens is 5. The molecule has 0 saturated carbocycles. The minimum Gasteiger partial charge on any atom is -0.302 e. The van der Waals surface area contributed by atoms with E-state index in [2.05, 4.69) is 15.5 Å². The van der Waals surface area contributed by atoms with Gasteiger partial charge in [-0.15, -0.1) is 16.7 Å². The summed E-state index contributed by atoms with van der Waals surface area (Å²) in [6.07, 6.45) is 2.69. The number of hydrogen-bond acceptors (Lipinski definition) is 5. The van der Waals surface area contributed by atoms with Crippen LogP contribution in [-0.4, -0.2) is 36.4 Å². The number of carbonyl (C=O) groups excluding carboxylic acids is 1. The third kappa shape index (κ3) is 2.83. The van der Waals surface area contributed by atoms with Crippen molar-refractivity contribution in [2.45, 2.75) is 18.9 Å². The van der Waals surface area contributed by atoms with Gasteiger partial charge in [-0.2, -0.15) is 4.68 Å². The Kier molecular flexibility index (Phi) is 4.34. The number of pyridine rings is 1. The summed E-state index contributed by atoms with van der Waals surface area (Å²) in [5.74, 6) is -0.242. The number of aryl methyl sites for hydroxylation is 1. The summed E-state index contributed by atoms with van der Waals surface area (Å²) in [4.78, 5) is 24.7. The number of benzene rings is 1. The SMILES string of the molecule is O=C(CCl)[C@@H]1CCc2cc(-c3cc(Cl)ccc3-n3cnnn3)cc(=O)n21. The largest absolute Gasteiger partial charge is 0.302 e. The van der Waals surface area contributed by atoms with Crippen molar-refractivity contribution in [2.75, 3.05) is 5.88 Å². The molecule has 7 nitrogen and oxygen atoms in total. The number of halogens is 2. The van der Waals surface area contributed by atoms with Crippen LogP contribution in [0, 0.1) is 0 Å². The molecule has 1 aliphatic rings. The van der Waals surface area contributed by atoms with Crippen LogP contribution in [0.25, 0.3) is 16.8 Å². The lowest BCUT2D eigenvalue weighted by atomic mass is 10.0. The lowest BCUT2D eigenvalue weighted by Gasteiger charge is -2.14. The highest BCUT2D eigenvalue weighted by molar-refractivity contribution is 6.31. The molecule has 4 rings (SSSR count). The minimum atomic E-state index is -0.484. The van der Waals surface area contributed by atoms with E-state index in [0.29, 0.717) is 29.1 Å². The van der Waals surface area contributed by atoms with Crippen LogP contribution in [0.2, 0.25) is 5.02 Å². The first-order valence-corrected chi connectivity index (χ1v) is 8.87. The van der Waals surface area contributed by atoms with Crippen molar-refractivity contribution in [1.82, 2.24) is 24.8 Å². The lowest BCUT2D eigenvalue weighted by molar-refractivity contribution is -0.119. The average molecular weight is 390 g/mol. The van der Waals surface area contributed by atoms with Crippen LogP contribution >= 0.6 is 23.2 Å². The quantitative estimate of drug-likeness (QED) is 0.639. The van der Waals surface area contributed by atoms with Crippen LogP contribution in [0.5, 0.6) is 0 Å². The first-order valence-electron chi connectivity index (χ1n) is 7.96. The highest BCUT2D eigenvalue weighted by Gasteiger charge is 2.29. The van der Waals surface area contributed by atoms with Crippen molar-refractivity contribution < 1.29 is 4.79 Å². The summed E-state index contributed by atoms with van der Waals surface area (Å²) in [6, 6.07) is 8.21. The van der Waals surface area contributed by atoms with E-state index in [1.807, 2.05) is 6.07 Å². The van der Waals surface area contributed by atoms with Gasteiger partial charge in [0, 0.05) is 22.3 Å². The molecule has 1 atom stereocenters. The molecule has 0 radical (unpaired) electrons. The third-order valence-corrected chi connectivity index (χ3v) is 5.00. The third-order valence-electron chi connectivity index (χ3n) is 4.50. The number of hydrogen-bond donors (Lipinski definition) is 0. The number of alkyl halides is 1. The normalized spacial score (nSPS) is 15.8. The van der Waals surface area contributed by atoms with E-state index in [4.69, 9.17) is 23.2 Å². The molecule has 2 aromatic heterocycles. The molecule has 3 aromatic rings. The molecule has 0 aliphatic carbocycles. The molecular formula is C17H13Cl2N5O2. The van der Waals surface area contributed by atoms with Gasteiger partial charge in [0.2, 0.25) is 0 Å². The van der Waals surface area contributed by atoms with Crippen molar-refractivity contribution in [2.24, 2.45) is 0 Å². The van der Waals surface area contributed by atoms with Crippen molar-refractivity contribution in [3.63, 3.8) is 0 Å². The summed E-state index contributed by atoms with van der Waals surface area (Å²) in [6.45, 7) is 0. The molecule has 0 fully saturated rings. The maximum absolute atomic E-state index is 12.7. The van der Waals surface area contributed by atoms with E-state index in [1.54, 1.807) is 18.2 Å². The zero-order valence-corrected chi connectivity index (χ0v) is 15.0. The summed E-state index contributed by atoms with van der Waals surface area (Å²) in [5, 5.41) is 11.8. The van der Waals surface area contributed by atoms with Crippen LogP contribution in [-0.2, 0) is 11.2 Å². The molecule has 0 saturated heterocycles. The molecule has 9 heteroatoms. The van der Waals surface area contributed by atoms with Crippen LogP contribution < -0.4 is 5.56 Å². The first-order chi connectivity index (χ1) is 12.6. The Balaban J connectivity index is 1.87. The van der Waals surface area contributed by atoms with Crippen LogP contribution in [0.1, 0.15) is 18.2 Å². The van der Waals surface area contributed by atoms with Gasteiger partial charge in [0.25, 0.3) is 5.56 Å². The Hall–Kier alpha value is -2.51. The fourth-order valence-electron chi connectivity index (χ4n) is 3.36. The second-order valence-electron chi connectivity index (χ2n) is 6.01. The standard InChI is InChI=1S/C17H13Cl2N5O2/c18-8-16(25)15-4-2-12-5-10(6-17(26)24(12)15)13-7-11(19)1-3-14(13)23-9-20-21-22-23/h1,3,5-7,9,15H,2,4,8H2/t15-/m0/s1. The van der Waals surface area contributed by atoms with Crippen molar-refractivity contribution >= 4 is 29.0 Å². The van der Waals surface area contributed by atoms with Crippen molar-refractivity contribution in [1.29, 1.82) is 0 Å². The average Bonchev–Trinajstić information content (AvgIpc) is 3.30. The Morgan fingerprint density at radius 1 is 1.27 bits per heavy atom. The van der Waals surface area contributed by atoms with Crippen molar-refractivity contribution in [3.8, 4) is 16.8 Å². The smallest absolute Gasteiger partial charge is 0.252 e. The number of nitrogens with zero attached hydrogens (tertiary/aromatic N) is 5. The molecule has 1 aliphatic heterocycles. The molecule has 0 N–H and O–H groups in total. The molecule has 1 aromatic carbocycles. The Morgan fingerprint density at radius 3 is 2.85 bits per heavy atom. The van der Waals surface area contributed by atoms with Gasteiger partial charge in [-0.05, 0) is 53.1 Å². The first kappa shape index (κ1) is 16.9. The van der Waals surface area contributed by atoms with E-state index in [1.165, 1.54) is 21.6 Å². The Bertz CT molecular complexity index is 1050. The van der Waals surface area contributed by atoms with E-state index in [0.717, 1.165) is 11.3 Å². The van der Waals surface area contributed by atoms with Crippen LogP contribution in [0.15, 0.2) is 41.5 Å². The number of tetrazole rings is 1. The fourth-order valence-corrected chi connectivity index (χ4v) is 3.71. The zero-order chi connectivity index (χ0) is 18.3. The maximum Gasteiger partial charge on any atom is 0.252 e. The fraction of sp³-hybridized carbons (Fsp3) is 0.235. The molecule has 0 spiro atoms. The zero-order valence-electron chi connectivity index (χ0n) is 13.5. The second-order valence-corrected chi connectivity index (χ2v) is 6.72. The van der Waals surface area contributed by atoms with E-state index >= 15 is 0 Å². The predicted octanol–water partition coefficient (Wildman–Crippen LogP) is 2.44. The summed E-state index contributed by atoms with van der Waals surface area (Å²) in [5.41, 5.74) is 2.71. The molecule has 3 heterocycles. The van der Waals surface area contributed by atoms with Gasteiger partial charge in [0.15, 0.2) is 5.78 Å². The molecule has 0 bridgehead atoms. The monoisotopic (exact) mass is 389 g/mol. The van der Waals surface area contributed by atoms with Crippen molar-refractivity contribution in [3.05, 3.63) is 57.7 Å². The van der Waals surface area contributed by atoms with Gasteiger partial charge >= 0.3 is 0 Å². The minimum absolute atomic E-state index is 0.101. The van der Waals surface area contributed by atoms with Gasteiger partial charge in [0.1, 0.15) is 6.33 Å².